The van der Waals surface area contributed by atoms with E-state index in [1.165, 1.54) is 11.1 Å². The Labute approximate surface area is 111 Å². The van der Waals surface area contributed by atoms with Crippen LogP contribution in [0.5, 0.6) is 5.75 Å². The van der Waals surface area contributed by atoms with Gasteiger partial charge in [0, 0.05) is 10.0 Å². The molecule has 0 amide bonds. The molecule has 2 rings (SSSR count). The van der Waals surface area contributed by atoms with Gasteiger partial charge in [-0.3, -0.25) is 0 Å². The summed E-state index contributed by atoms with van der Waals surface area (Å²) in [5.74, 6) is 0.978. The summed E-state index contributed by atoms with van der Waals surface area (Å²) in [7, 11) is 0. The summed E-state index contributed by atoms with van der Waals surface area (Å²) in [5.41, 5.74) is 2.41. The van der Waals surface area contributed by atoms with Crippen LogP contribution in [0.25, 0.3) is 0 Å². The summed E-state index contributed by atoms with van der Waals surface area (Å²) < 4.78 is 6.96. The maximum atomic E-state index is 5.86. The predicted octanol–water partition coefficient (Wildman–Crippen LogP) is 4.59. The van der Waals surface area contributed by atoms with Crippen molar-refractivity contribution in [3.63, 3.8) is 0 Å². The van der Waals surface area contributed by atoms with E-state index in [0.29, 0.717) is 6.61 Å². The van der Waals surface area contributed by atoms with Gasteiger partial charge in [-0.15, -0.1) is 0 Å². The van der Waals surface area contributed by atoms with Crippen LogP contribution in [0.4, 0.5) is 0 Å². The lowest BCUT2D eigenvalue weighted by atomic mass is 10.1. The van der Waals surface area contributed by atoms with Gasteiger partial charge in [0.1, 0.15) is 12.4 Å². The molecule has 2 heteroatoms. The number of halogens is 1. The van der Waals surface area contributed by atoms with Crippen molar-refractivity contribution >= 4 is 15.9 Å². The molecule has 0 saturated heterocycles. The third-order valence-corrected chi connectivity index (χ3v) is 3.47. The van der Waals surface area contributed by atoms with E-state index in [-0.39, 0.29) is 0 Å². The van der Waals surface area contributed by atoms with Gasteiger partial charge < -0.3 is 4.74 Å². The van der Waals surface area contributed by atoms with Crippen LogP contribution in [-0.4, -0.2) is 0 Å². The number of hydrogen-bond acceptors (Lipinski definition) is 1. The average molecular weight is 291 g/mol. The second-order valence-corrected chi connectivity index (χ2v) is 4.70. The highest BCUT2D eigenvalue weighted by Crippen LogP contribution is 2.22. The Morgan fingerprint density at radius 1 is 0.941 bits per heavy atom. The Bertz CT molecular complexity index is 494. The van der Waals surface area contributed by atoms with Crippen LogP contribution in [0.15, 0.2) is 53.0 Å². The van der Waals surface area contributed by atoms with Crippen molar-refractivity contribution in [2.75, 3.05) is 0 Å². The molecular weight excluding hydrogens is 276 g/mol. The fraction of sp³-hybridized carbons (Fsp3) is 0.200. The van der Waals surface area contributed by atoms with Crippen LogP contribution >= 0.6 is 15.9 Å². The molecule has 0 aliphatic heterocycles. The van der Waals surface area contributed by atoms with Gasteiger partial charge in [0.25, 0.3) is 0 Å². The maximum absolute atomic E-state index is 5.86. The Morgan fingerprint density at radius 2 is 1.59 bits per heavy atom. The molecule has 1 nitrogen and oxygen atoms in total. The Kier molecular flexibility index (Phi) is 4.21. The molecule has 0 N–H and O–H groups in total. The normalized spacial score (nSPS) is 10.2. The highest BCUT2D eigenvalue weighted by atomic mass is 79.9. The van der Waals surface area contributed by atoms with E-state index in [1.54, 1.807) is 0 Å². The van der Waals surface area contributed by atoms with Gasteiger partial charge in [0.05, 0.1) is 0 Å². The fourth-order valence-electron chi connectivity index (χ4n) is 1.71. The van der Waals surface area contributed by atoms with Crippen molar-refractivity contribution in [1.29, 1.82) is 0 Å². The fourth-order valence-corrected chi connectivity index (χ4v) is 2.11. The van der Waals surface area contributed by atoms with E-state index >= 15 is 0 Å². The molecule has 17 heavy (non-hydrogen) atoms. The lowest BCUT2D eigenvalue weighted by molar-refractivity contribution is 0.302. The molecule has 0 fully saturated rings. The zero-order valence-electron chi connectivity index (χ0n) is 9.82. The van der Waals surface area contributed by atoms with Crippen molar-refractivity contribution < 1.29 is 4.74 Å². The summed E-state index contributed by atoms with van der Waals surface area (Å²) in [6.07, 6.45) is 0.992. The highest BCUT2D eigenvalue weighted by molar-refractivity contribution is 9.10. The smallest absolute Gasteiger partial charge is 0.122 e. The summed E-state index contributed by atoms with van der Waals surface area (Å²) >= 11 is 3.53. The molecule has 2 aromatic rings. The molecule has 0 radical (unpaired) electrons. The van der Waals surface area contributed by atoms with E-state index in [0.717, 1.165) is 16.6 Å². The summed E-state index contributed by atoms with van der Waals surface area (Å²) in [4.78, 5) is 0. The van der Waals surface area contributed by atoms with Crippen LogP contribution < -0.4 is 4.74 Å². The minimum atomic E-state index is 0.596. The maximum Gasteiger partial charge on any atom is 0.122 e. The van der Waals surface area contributed by atoms with Gasteiger partial charge in [0.2, 0.25) is 0 Å². The van der Waals surface area contributed by atoms with Gasteiger partial charge in [-0.05, 0) is 24.1 Å². The molecule has 0 heterocycles. The van der Waals surface area contributed by atoms with Crippen LogP contribution in [-0.2, 0) is 13.0 Å². The van der Waals surface area contributed by atoms with Crippen LogP contribution in [0, 0.1) is 0 Å². The van der Waals surface area contributed by atoms with Gasteiger partial charge in [0.15, 0.2) is 0 Å². The second-order valence-electron chi connectivity index (χ2n) is 3.84. The zero-order valence-corrected chi connectivity index (χ0v) is 11.4. The molecule has 0 saturated carbocycles. The third-order valence-electron chi connectivity index (χ3n) is 2.69. The molecule has 0 aliphatic carbocycles. The number of para-hydroxylation sites is 1. The van der Waals surface area contributed by atoms with Crippen molar-refractivity contribution in [3.05, 3.63) is 64.1 Å². The highest BCUT2D eigenvalue weighted by Gasteiger charge is 2.03. The van der Waals surface area contributed by atoms with E-state index < -0.39 is 0 Å². The largest absolute Gasteiger partial charge is 0.489 e. The van der Waals surface area contributed by atoms with E-state index in [4.69, 9.17) is 4.74 Å². The van der Waals surface area contributed by atoms with Crippen molar-refractivity contribution in [1.82, 2.24) is 0 Å². The SMILES string of the molecule is CCc1ccccc1OCc1ccccc1Br. The first-order valence-electron chi connectivity index (χ1n) is 5.75. The Hall–Kier alpha value is -1.28. The molecule has 0 bridgehead atoms. The van der Waals surface area contributed by atoms with E-state index in [2.05, 4.69) is 35.0 Å². The lowest BCUT2D eigenvalue weighted by Gasteiger charge is -2.11. The Morgan fingerprint density at radius 3 is 2.29 bits per heavy atom. The monoisotopic (exact) mass is 290 g/mol. The first-order valence-corrected chi connectivity index (χ1v) is 6.54. The topological polar surface area (TPSA) is 9.23 Å². The zero-order chi connectivity index (χ0) is 12.1. The molecule has 0 unspecified atom stereocenters. The van der Waals surface area contributed by atoms with Gasteiger partial charge in [-0.2, -0.15) is 0 Å². The number of benzene rings is 2. The van der Waals surface area contributed by atoms with Crippen LogP contribution in [0.1, 0.15) is 18.1 Å². The average Bonchev–Trinajstić information content (AvgIpc) is 2.38. The van der Waals surface area contributed by atoms with Crippen molar-refractivity contribution in [2.45, 2.75) is 20.0 Å². The number of hydrogen-bond donors (Lipinski definition) is 0. The van der Waals surface area contributed by atoms with Crippen molar-refractivity contribution in [2.24, 2.45) is 0 Å². The molecule has 0 aliphatic rings. The number of rotatable bonds is 4. The summed E-state index contributed by atoms with van der Waals surface area (Å²) in [5, 5.41) is 0. The molecule has 2 aromatic carbocycles. The second kappa shape index (κ2) is 5.87. The van der Waals surface area contributed by atoms with E-state index in [9.17, 15) is 0 Å². The minimum absolute atomic E-state index is 0.596. The predicted molar refractivity (Wildman–Crippen MR) is 74.3 cm³/mol. The quantitative estimate of drug-likeness (QED) is 0.800. The molecular formula is C15H15BrO. The molecule has 0 aromatic heterocycles. The van der Waals surface area contributed by atoms with Crippen molar-refractivity contribution in [3.8, 4) is 5.75 Å². The first kappa shape index (κ1) is 12.2. The van der Waals surface area contributed by atoms with Crippen LogP contribution in [0.3, 0.4) is 0 Å². The number of ether oxygens (including phenoxy) is 1. The lowest BCUT2D eigenvalue weighted by Crippen LogP contribution is -1.98. The number of aryl methyl sites for hydroxylation is 1. The van der Waals surface area contributed by atoms with Crippen LogP contribution in [0.2, 0.25) is 0 Å². The summed E-state index contributed by atoms with van der Waals surface area (Å²) in [6.45, 7) is 2.74. The minimum Gasteiger partial charge on any atom is -0.489 e. The van der Waals surface area contributed by atoms with Gasteiger partial charge >= 0.3 is 0 Å². The van der Waals surface area contributed by atoms with E-state index in [1.807, 2.05) is 36.4 Å². The standard InChI is InChI=1S/C15H15BrO/c1-2-12-7-4-6-10-15(12)17-11-13-8-3-5-9-14(13)16/h3-10H,2,11H2,1H3. The Balaban J connectivity index is 2.10. The molecule has 0 spiro atoms. The van der Waals surface area contributed by atoms with Gasteiger partial charge in [-0.25, -0.2) is 0 Å². The van der Waals surface area contributed by atoms with Gasteiger partial charge in [-0.1, -0.05) is 59.3 Å². The molecule has 88 valence electrons. The molecule has 0 atom stereocenters. The first-order chi connectivity index (χ1) is 8.31. The third kappa shape index (κ3) is 3.10. The summed E-state index contributed by atoms with van der Waals surface area (Å²) in [6, 6.07) is 16.3.